The molecule has 0 fully saturated rings. The van der Waals surface area contributed by atoms with Crippen LogP contribution in [-0.4, -0.2) is 20.4 Å². The predicted molar refractivity (Wildman–Crippen MR) is 43.9 cm³/mol. The molecule has 1 aromatic rings. The molecule has 0 aromatic carbocycles. The van der Waals surface area contributed by atoms with E-state index in [0.717, 1.165) is 3.97 Å². The number of hydrogen-bond acceptors (Lipinski definition) is 4. The third-order valence-corrected chi connectivity index (χ3v) is 2.25. The molecule has 0 bridgehead atoms. The first kappa shape index (κ1) is 7.68. The monoisotopic (exact) mass is 177 g/mol. The second-order valence-corrected chi connectivity index (χ2v) is 2.95. The van der Waals surface area contributed by atoms with Crippen LogP contribution in [0.3, 0.4) is 0 Å². The van der Waals surface area contributed by atoms with E-state index in [1.165, 1.54) is 17.8 Å². The summed E-state index contributed by atoms with van der Waals surface area (Å²) in [5.74, 6) is -0.0708. The third kappa shape index (κ3) is 1.06. The molecule has 0 aliphatic heterocycles. The van der Waals surface area contributed by atoms with Gasteiger partial charge < -0.3 is 10.2 Å². The quantitative estimate of drug-likeness (QED) is 0.448. The molecule has 0 spiro atoms. The van der Waals surface area contributed by atoms with E-state index < -0.39 is 0 Å². The summed E-state index contributed by atoms with van der Waals surface area (Å²) in [6, 6.07) is 1.45. The van der Waals surface area contributed by atoms with Gasteiger partial charge in [0.2, 0.25) is 11.8 Å². The SMILES string of the molecule is CSc1cc(O)n(S)c1O. The Morgan fingerprint density at radius 1 is 1.60 bits per heavy atom. The molecule has 2 N–H and O–H groups in total. The van der Waals surface area contributed by atoms with Crippen molar-refractivity contribution in [2.45, 2.75) is 4.90 Å². The third-order valence-electron chi connectivity index (χ3n) is 1.12. The Morgan fingerprint density at radius 2 is 2.20 bits per heavy atom. The van der Waals surface area contributed by atoms with Gasteiger partial charge in [-0.05, 0) is 6.26 Å². The number of hydrogen-bond donors (Lipinski definition) is 3. The zero-order chi connectivity index (χ0) is 7.72. The molecular weight excluding hydrogens is 170 g/mol. The Kier molecular flexibility index (Phi) is 2.05. The van der Waals surface area contributed by atoms with Gasteiger partial charge in [0.15, 0.2) is 0 Å². The number of rotatable bonds is 1. The topological polar surface area (TPSA) is 45.4 Å². The van der Waals surface area contributed by atoms with E-state index in [0.29, 0.717) is 4.90 Å². The number of aromatic nitrogens is 1. The van der Waals surface area contributed by atoms with Gasteiger partial charge in [-0.15, -0.1) is 11.8 Å². The summed E-state index contributed by atoms with van der Waals surface area (Å²) in [7, 11) is 0. The summed E-state index contributed by atoms with van der Waals surface area (Å²) in [6.07, 6.45) is 1.81. The van der Waals surface area contributed by atoms with Crippen molar-refractivity contribution in [2.24, 2.45) is 0 Å². The second kappa shape index (κ2) is 2.67. The lowest BCUT2D eigenvalue weighted by molar-refractivity contribution is 0.413. The Balaban J connectivity index is 3.17. The van der Waals surface area contributed by atoms with Gasteiger partial charge in [-0.1, -0.05) is 12.8 Å². The van der Waals surface area contributed by atoms with Crippen LogP contribution in [0.25, 0.3) is 0 Å². The Labute approximate surface area is 68.2 Å². The number of thioether (sulfide) groups is 1. The van der Waals surface area contributed by atoms with Gasteiger partial charge in [0.1, 0.15) is 0 Å². The van der Waals surface area contributed by atoms with Crippen LogP contribution in [0.4, 0.5) is 0 Å². The van der Waals surface area contributed by atoms with E-state index in [-0.39, 0.29) is 11.8 Å². The lowest BCUT2D eigenvalue weighted by Gasteiger charge is -1.94. The fourth-order valence-corrected chi connectivity index (χ4v) is 1.34. The largest absolute Gasteiger partial charge is 0.494 e. The molecule has 0 amide bonds. The second-order valence-electron chi connectivity index (χ2n) is 1.71. The lowest BCUT2D eigenvalue weighted by Crippen LogP contribution is -1.75. The van der Waals surface area contributed by atoms with Crippen LogP contribution in [-0.2, 0) is 0 Å². The van der Waals surface area contributed by atoms with Crippen molar-refractivity contribution in [3.8, 4) is 11.8 Å². The number of aromatic hydroxyl groups is 2. The van der Waals surface area contributed by atoms with Gasteiger partial charge in [0.25, 0.3) is 0 Å². The normalized spacial score (nSPS) is 10.2. The molecule has 1 rings (SSSR count). The fourth-order valence-electron chi connectivity index (χ4n) is 0.606. The van der Waals surface area contributed by atoms with E-state index in [1.807, 2.05) is 6.26 Å². The zero-order valence-corrected chi connectivity index (χ0v) is 6.99. The predicted octanol–water partition coefficient (Wildman–Crippen LogP) is 1.31. The summed E-state index contributed by atoms with van der Waals surface area (Å²) in [6.45, 7) is 0. The highest BCUT2D eigenvalue weighted by molar-refractivity contribution is 7.98. The van der Waals surface area contributed by atoms with E-state index in [2.05, 4.69) is 12.8 Å². The van der Waals surface area contributed by atoms with Crippen LogP contribution in [0.1, 0.15) is 0 Å². The van der Waals surface area contributed by atoms with Crippen LogP contribution >= 0.6 is 24.6 Å². The van der Waals surface area contributed by atoms with Crippen molar-refractivity contribution in [2.75, 3.05) is 6.26 Å². The maximum atomic E-state index is 9.12. The van der Waals surface area contributed by atoms with Gasteiger partial charge in [0.05, 0.1) is 4.90 Å². The van der Waals surface area contributed by atoms with Crippen LogP contribution in [0.5, 0.6) is 11.8 Å². The zero-order valence-electron chi connectivity index (χ0n) is 5.27. The van der Waals surface area contributed by atoms with E-state index in [4.69, 9.17) is 10.2 Å². The smallest absolute Gasteiger partial charge is 0.218 e. The molecule has 0 atom stereocenters. The maximum Gasteiger partial charge on any atom is 0.218 e. The average Bonchev–Trinajstić information content (AvgIpc) is 2.17. The number of thiol groups is 1. The molecule has 1 aromatic heterocycles. The highest BCUT2D eigenvalue weighted by Crippen LogP contribution is 2.34. The minimum atomic E-state index is -0.0508. The molecule has 10 heavy (non-hydrogen) atoms. The molecule has 1 heterocycles. The van der Waals surface area contributed by atoms with Gasteiger partial charge in [-0.25, -0.2) is 3.97 Å². The first-order valence-corrected chi connectivity index (χ1v) is 4.16. The van der Waals surface area contributed by atoms with Gasteiger partial charge >= 0.3 is 0 Å². The summed E-state index contributed by atoms with van der Waals surface area (Å²) in [4.78, 5) is 0.618. The van der Waals surface area contributed by atoms with Crippen LogP contribution < -0.4 is 0 Å². The van der Waals surface area contributed by atoms with Crippen molar-refractivity contribution >= 4 is 24.6 Å². The van der Waals surface area contributed by atoms with E-state index in [1.54, 1.807) is 0 Å². The van der Waals surface area contributed by atoms with Crippen LogP contribution in [0.15, 0.2) is 11.0 Å². The maximum absolute atomic E-state index is 9.12. The molecule has 0 saturated carbocycles. The summed E-state index contributed by atoms with van der Waals surface area (Å²) in [5, 5.41) is 18.1. The average molecular weight is 177 g/mol. The highest BCUT2D eigenvalue weighted by Gasteiger charge is 2.09. The fraction of sp³-hybridized carbons (Fsp3) is 0.200. The van der Waals surface area contributed by atoms with Gasteiger partial charge in [-0.3, -0.25) is 0 Å². The van der Waals surface area contributed by atoms with Gasteiger partial charge in [0, 0.05) is 6.07 Å². The van der Waals surface area contributed by atoms with Crippen molar-refractivity contribution in [1.29, 1.82) is 0 Å². The first-order chi connectivity index (χ1) is 4.66. The molecular formula is C5H7NO2S2. The van der Waals surface area contributed by atoms with Gasteiger partial charge in [-0.2, -0.15) is 0 Å². The van der Waals surface area contributed by atoms with Crippen LogP contribution in [0, 0.1) is 0 Å². The number of nitrogens with zero attached hydrogens (tertiary/aromatic N) is 1. The Morgan fingerprint density at radius 3 is 2.40 bits per heavy atom. The summed E-state index contributed by atoms with van der Waals surface area (Å²) in [5.41, 5.74) is 0. The molecule has 56 valence electrons. The van der Waals surface area contributed by atoms with Crippen molar-refractivity contribution in [3.05, 3.63) is 6.07 Å². The summed E-state index contributed by atoms with van der Waals surface area (Å²) >= 11 is 5.14. The van der Waals surface area contributed by atoms with Crippen molar-refractivity contribution in [3.63, 3.8) is 0 Å². The Hall–Kier alpha value is -0.420. The van der Waals surface area contributed by atoms with Crippen molar-refractivity contribution < 1.29 is 10.2 Å². The Bertz CT molecular complexity index is 246. The lowest BCUT2D eigenvalue weighted by atomic mass is 10.6. The minimum Gasteiger partial charge on any atom is -0.494 e. The van der Waals surface area contributed by atoms with E-state index >= 15 is 0 Å². The molecule has 0 unspecified atom stereocenters. The minimum absolute atomic E-state index is 0.0201. The van der Waals surface area contributed by atoms with Crippen molar-refractivity contribution in [1.82, 2.24) is 3.97 Å². The molecule has 3 nitrogen and oxygen atoms in total. The molecule has 5 heteroatoms. The van der Waals surface area contributed by atoms with E-state index in [9.17, 15) is 0 Å². The van der Waals surface area contributed by atoms with Crippen LogP contribution in [0.2, 0.25) is 0 Å². The molecule has 0 aliphatic carbocycles. The first-order valence-electron chi connectivity index (χ1n) is 2.53. The molecule has 0 saturated heterocycles. The molecule has 0 aliphatic rings. The molecule has 0 radical (unpaired) electrons. The standard InChI is InChI=1S/C5H7NO2S2/c1-10-3-2-4(7)6(9)5(3)8/h2,7-9H,1H3. The highest BCUT2D eigenvalue weighted by atomic mass is 32.2. The summed E-state index contributed by atoms with van der Waals surface area (Å²) < 4.78 is 1.02.